The number of halogens is 1. The normalized spacial score (nSPS) is 11.2. The van der Waals surface area contributed by atoms with Crippen molar-refractivity contribution in [1.29, 1.82) is 0 Å². The van der Waals surface area contributed by atoms with E-state index < -0.39 is 0 Å². The van der Waals surface area contributed by atoms with Gasteiger partial charge in [-0.2, -0.15) is 0 Å². The molecule has 3 aromatic rings. The Balaban J connectivity index is 2.11. The van der Waals surface area contributed by atoms with Gasteiger partial charge in [-0.15, -0.1) is 0 Å². The molecule has 3 nitrogen and oxygen atoms in total. The molecule has 0 amide bonds. The Labute approximate surface area is 123 Å². The van der Waals surface area contributed by atoms with Crippen molar-refractivity contribution >= 4 is 11.0 Å². The summed E-state index contributed by atoms with van der Waals surface area (Å²) in [5.41, 5.74) is 11.3. The summed E-state index contributed by atoms with van der Waals surface area (Å²) < 4.78 is 15.1. The van der Waals surface area contributed by atoms with Gasteiger partial charge in [-0.1, -0.05) is 12.1 Å². The van der Waals surface area contributed by atoms with Crippen LogP contribution < -0.4 is 5.73 Å². The molecule has 1 heterocycles. The van der Waals surface area contributed by atoms with E-state index in [9.17, 15) is 4.39 Å². The van der Waals surface area contributed by atoms with E-state index in [2.05, 4.69) is 35.5 Å². The van der Waals surface area contributed by atoms with Crippen LogP contribution in [-0.4, -0.2) is 9.55 Å². The van der Waals surface area contributed by atoms with Gasteiger partial charge in [0.15, 0.2) is 0 Å². The van der Waals surface area contributed by atoms with Gasteiger partial charge in [0.25, 0.3) is 0 Å². The minimum Gasteiger partial charge on any atom is -0.324 e. The number of benzene rings is 2. The number of hydrogen-bond donors (Lipinski definition) is 1. The second-order valence-electron chi connectivity index (χ2n) is 5.37. The molecule has 0 aliphatic carbocycles. The van der Waals surface area contributed by atoms with Crippen LogP contribution in [0.15, 0.2) is 36.4 Å². The largest absolute Gasteiger partial charge is 0.324 e. The van der Waals surface area contributed by atoms with Gasteiger partial charge in [-0.3, -0.25) is 0 Å². The predicted molar refractivity (Wildman–Crippen MR) is 82.6 cm³/mol. The fourth-order valence-electron chi connectivity index (χ4n) is 2.53. The Kier molecular flexibility index (Phi) is 3.47. The molecule has 0 unspecified atom stereocenters. The average molecular weight is 283 g/mol. The maximum atomic E-state index is 13.0. The number of nitrogens with zero attached hydrogens (tertiary/aromatic N) is 2. The molecule has 0 saturated carbocycles. The van der Waals surface area contributed by atoms with Crippen molar-refractivity contribution in [3.63, 3.8) is 0 Å². The molecule has 4 heteroatoms. The Morgan fingerprint density at radius 1 is 1.10 bits per heavy atom. The molecule has 0 spiro atoms. The Hall–Kier alpha value is -2.20. The second kappa shape index (κ2) is 5.30. The van der Waals surface area contributed by atoms with Crippen LogP contribution in [0.5, 0.6) is 0 Å². The van der Waals surface area contributed by atoms with Crippen molar-refractivity contribution in [2.75, 3.05) is 0 Å². The van der Waals surface area contributed by atoms with Crippen LogP contribution in [0.3, 0.4) is 0 Å². The predicted octanol–water partition coefficient (Wildman–Crippen LogP) is 3.30. The number of imidazole rings is 1. The molecule has 108 valence electrons. The minimum atomic E-state index is -0.222. The first kappa shape index (κ1) is 13.8. The van der Waals surface area contributed by atoms with E-state index in [1.807, 2.05) is 0 Å². The highest BCUT2D eigenvalue weighted by Crippen LogP contribution is 2.22. The summed E-state index contributed by atoms with van der Waals surface area (Å²) in [5.74, 6) is 0.624. The summed E-state index contributed by atoms with van der Waals surface area (Å²) in [6.07, 6.45) is 0. The van der Waals surface area contributed by atoms with Gasteiger partial charge in [0.1, 0.15) is 11.6 Å². The molecule has 0 aliphatic heterocycles. The SMILES string of the molecule is Cc1cc2nc(CN)n(Cc3ccc(F)cc3)c2cc1C. The second-order valence-corrected chi connectivity index (χ2v) is 5.37. The highest BCUT2D eigenvalue weighted by Gasteiger charge is 2.11. The van der Waals surface area contributed by atoms with Gasteiger partial charge >= 0.3 is 0 Å². The van der Waals surface area contributed by atoms with Crippen LogP contribution in [0.4, 0.5) is 4.39 Å². The zero-order valence-corrected chi connectivity index (χ0v) is 12.2. The van der Waals surface area contributed by atoms with Gasteiger partial charge in [0.2, 0.25) is 0 Å². The van der Waals surface area contributed by atoms with Gasteiger partial charge < -0.3 is 10.3 Å². The van der Waals surface area contributed by atoms with E-state index in [0.29, 0.717) is 13.1 Å². The third kappa shape index (κ3) is 2.54. The van der Waals surface area contributed by atoms with Gasteiger partial charge in [0, 0.05) is 6.54 Å². The van der Waals surface area contributed by atoms with Crippen LogP contribution in [0.1, 0.15) is 22.5 Å². The molecule has 0 radical (unpaired) electrons. The fourth-order valence-corrected chi connectivity index (χ4v) is 2.53. The number of nitrogens with two attached hydrogens (primary N) is 1. The summed E-state index contributed by atoms with van der Waals surface area (Å²) in [5, 5.41) is 0. The number of fused-ring (bicyclic) bond motifs is 1. The third-order valence-electron chi connectivity index (χ3n) is 3.88. The standard InChI is InChI=1S/C17H18FN3/c1-11-7-15-16(8-12(11)2)21(17(9-19)20-15)10-13-3-5-14(18)6-4-13/h3-8H,9-10,19H2,1-2H3. The third-order valence-corrected chi connectivity index (χ3v) is 3.88. The molecule has 0 aliphatic rings. The summed E-state index contributed by atoms with van der Waals surface area (Å²) in [6.45, 7) is 5.20. The molecule has 2 aromatic carbocycles. The van der Waals surface area contributed by atoms with Gasteiger partial charge in [-0.05, 0) is 54.8 Å². The first-order chi connectivity index (χ1) is 10.1. The summed E-state index contributed by atoms with van der Waals surface area (Å²) in [4.78, 5) is 4.61. The lowest BCUT2D eigenvalue weighted by Gasteiger charge is -2.09. The Bertz CT molecular complexity index is 788. The number of rotatable bonds is 3. The molecule has 0 bridgehead atoms. The van der Waals surface area contributed by atoms with E-state index in [1.165, 1.54) is 23.3 Å². The molecule has 2 N–H and O–H groups in total. The van der Waals surface area contributed by atoms with Crippen molar-refractivity contribution in [1.82, 2.24) is 9.55 Å². The summed E-state index contributed by atoms with van der Waals surface area (Å²) >= 11 is 0. The van der Waals surface area contributed by atoms with E-state index >= 15 is 0 Å². The Morgan fingerprint density at radius 2 is 1.76 bits per heavy atom. The molecule has 3 rings (SSSR count). The summed E-state index contributed by atoms with van der Waals surface area (Å²) in [7, 11) is 0. The van der Waals surface area contributed by atoms with Crippen molar-refractivity contribution < 1.29 is 4.39 Å². The first-order valence-electron chi connectivity index (χ1n) is 6.99. The van der Waals surface area contributed by atoms with Crippen molar-refractivity contribution in [2.24, 2.45) is 5.73 Å². The summed E-state index contributed by atoms with van der Waals surface area (Å²) in [6, 6.07) is 10.8. The van der Waals surface area contributed by atoms with Gasteiger partial charge in [0.05, 0.1) is 17.6 Å². The molecule has 21 heavy (non-hydrogen) atoms. The molecule has 0 saturated heterocycles. The first-order valence-corrected chi connectivity index (χ1v) is 6.99. The zero-order chi connectivity index (χ0) is 15.0. The fraction of sp³-hybridized carbons (Fsp3) is 0.235. The Morgan fingerprint density at radius 3 is 2.43 bits per heavy atom. The van der Waals surface area contributed by atoms with Crippen LogP contribution in [-0.2, 0) is 13.1 Å². The molecular formula is C17H18FN3. The quantitative estimate of drug-likeness (QED) is 0.801. The lowest BCUT2D eigenvalue weighted by Crippen LogP contribution is -2.09. The molecular weight excluding hydrogens is 265 g/mol. The maximum absolute atomic E-state index is 13.0. The zero-order valence-electron chi connectivity index (χ0n) is 12.2. The lowest BCUT2D eigenvalue weighted by molar-refractivity contribution is 0.626. The van der Waals surface area contributed by atoms with Gasteiger partial charge in [-0.25, -0.2) is 9.37 Å². The van der Waals surface area contributed by atoms with Crippen molar-refractivity contribution in [2.45, 2.75) is 26.9 Å². The van der Waals surface area contributed by atoms with E-state index in [4.69, 9.17) is 5.73 Å². The topological polar surface area (TPSA) is 43.8 Å². The van der Waals surface area contributed by atoms with Crippen LogP contribution in [0, 0.1) is 19.7 Å². The number of aromatic nitrogens is 2. The van der Waals surface area contributed by atoms with E-state index in [0.717, 1.165) is 22.4 Å². The molecule has 0 atom stereocenters. The number of aryl methyl sites for hydroxylation is 2. The van der Waals surface area contributed by atoms with Crippen LogP contribution >= 0.6 is 0 Å². The number of hydrogen-bond acceptors (Lipinski definition) is 2. The molecule has 0 fully saturated rings. The van der Waals surface area contributed by atoms with Crippen LogP contribution in [0.25, 0.3) is 11.0 Å². The monoisotopic (exact) mass is 283 g/mol. The average Bonchev–Trinajstić information content (AvgIpc) is 2.79. The van der Waals surface area contributed by atoms with E-state index in [1.54, 1.807) is 12.1 Å². The van der Waals surface area contributed by atoms with E-state index in [-0.39, 0.29) is 5.82 Å². The highest BCUT2D eigenvalue weighted by atomic mass is 19.1. The molecule has 1 aromatic heterocycles. The smallest absolute Gasteiger partial charge is 0.123 e. The highest BCUT2D eigenvalue weighted by molar-refractivity contribution is 5.78. The van der Waals surface area contributed by atoms with Crippen molar-refractivity contribution in [3.05, 3.63) is 64.7 Å². The van der Waals surface area contributed by atoms with Crippen LogP contribution in [0.2, 0.25) is 0 Å². The lowest BCUT2D eigenvalue weighted by atomic mass is 10.1. The van der Waals surface area contributed by atoms with Crippen molar-refractivity contribution in [3.8, 4) is 0 Å². The minimum absolute atomic E-state index is 0.222. The maximum Gasteiger partial charge on any atom is 0.123 e.